The summed E-state index contributed by atoms with van der Waals surface area (Å²) in [5.41, 5.74) is 7.85. The Kier molecular flexibility index (Phi) is 13.0. The van der Waals surface area contributed by atoms with Crippen molar-refractivity contribution in [3.05, 3.63) is 124 Å². The summed E-state index contributed by atoms with van der Waals surface area (Å²) in [7, 11) is 1.32. The standard InChI is InChI=1S/C29H30FN3O4.C20H22ClN3O3/c1-16-19-12-9-13-36-25(19)22(30)14-20(16)24-23(26(28(34)35)37-29(3,4)5)17(2)32-27-21(15-31-33(24)27)18-10-7-6-8-11-18;1-12-15(16(19(25)26-5)27-20(2,3)4)17(21)24-18(23-12)14(11-22-24)13-9-7-6-8-10-13/h6-8,10-11,14-15,26H,9,12-13H2,1-5H3,(H,34,35);6-11,16H,1-5H3. The van der Waals surface area contributed by atoms with E-state index in [2.05, 4.69) is 15.2 Å². The molecule has 0 fully saturated rings. The molecule has 8 rings (SSSR count). The van der Waals surface area contributed by atoms with Gasteiger partial charge in [0, 0.05) is 39.2 Å². The molecule has 0 saturated heterocycles. The molecule has 5 heterocycles. The van der Waals surface area contributed by atoms with E-state index in [0.29, 0.717) is 58.1 Å². The number of esters is 1. The normalized spacial score (nSPS) is 13.8. The van der Waals surface area contributed by atoms with Gasteiger partial charge in [0.15, 0.2) is 35.1 Å². The number of aliphatic carboxylic acids is 1. The SMILES string of the molecule is COC(=O)C(OC(C)(C)C)c1c(C)nc2c(-c3ccccc3)cnn2c1Cl.Cc1nc2c(-c3ccccc3)cnn2c(-c2cc(F)c3c(c2C)CCCO3)c1C(OC(C)(C)C)C(=O)O. The predicted octanol–water partition coefficient (Wildman–Crippen LogP) is 10.5. The second-order valence-electron chi connectivity index (χ2n) is 17.6. The van der Waals surface area contributed by atoms with Gasteiger partial charge in [-0.2, -0.15) is 10.2 Å². The minimum atomic E-state index is -1.34. The summed E-state index contributed by atoms with van der Waals surface area (Å²) in [5, 5.41) is 19.6. The Morgan fingerprint density at radius 3 is 1.83 bits per heavy atom. The Labute approximate surface area is 376 Å². The molecule has 64 heavy (non-hydrogen) atoms. The van der Waals surface area contributed by atoms with Gasteiger partial charge in [-0.05, 0) is 97.9 Å². The van der Waals surface area contributed by atoms with E-state index in [9.17, 15) is 14.7 Å². The van der Waals surface area contributed by atoms with Crippen LogP contribution in [0.25, 0.3) is 44.8 Å². The summed E-state index contributed by atoms with van der Waals surface area (Å²) < 4.78 is 41.1. The Balaban J connectivity index is 0.000000201. The quantitative estimate of drug-likeness (QED) is 0.109. The molecule has 4 aromatic heterocycles. The fourth-order valence-electron chi connectivity index (χ4n) is 7.88. The molecule has 1 N–H and O–H groups in total. The zero-order valence-electron chi connectivity index (χ0n) is 37.6. The van der Waals surface area contributed by atoms with Crippen molar-refractivity contribution in [2.45, 2.75) is 98.6 Å². The number of ether oxygens (including phenoxy) is 4. The third-order valence-electron chi connectivity index (χ3n) is 10.7. The zero-order valence-corrected chi connectivity index (χ0v) is 38.4. The Morgan fingerprint density at radius 1 is 0.781 bits per heavy atom. The molecule has 2 atom stereocenters. The number of nitrogens with zero attached hydrogens (tertiary/aromatic N) is 6. The first-order valence-corrected chi connectivity index (χ1v) is 21.3. The number of aromatic nitrogens is 6. The Bertz CT molecular complexity index is 2870. The lowest BCUT2D eigenvalue weighted by molar-refractivity contribution is -0.164. The minimum absolute atomic E-state index is 0.266. The van der Waals surface area contributed by atoms with Crippen molar-refractivity contribution < 1.29 is 38.0 Å². The summed E-state index contributed by atoms with van der Waals surface area (Å²) >= 11 is 6.64. The van der Waals surface area contributed by atoms with Gasteiger partial charge in [0.2, 0.25) is 0 Å². The van der Waals surface area contributed by atoms with Crippen LogP contribution in [-0.2, 0) is 30.2 Å². The number of carboxylic acid groups (broad SMARTS) is 1. The van der Waals surface area contributed by atoms with Crippen molar-refractivity contribution >= 4 is 34.8 Å². The molecule has 1 aliphatic rings. The number of methoxy groups -OCH3 is 1. The van der Waals surface area contributed by atoms with E-state index in [4.69, 9.17) is 35.5 Å². The summed E-state index contributed by atoms with van der Waals surface area (Å²) in [6.07, 6.45) is 2.53. The molecule has 2 unspecified atom stereocenters. The molecule has 1 aliphatic heterocycles. The number of rotatable bonds is 9. The molecular weight excluding hydrogens is 839 g/mol. The first-order chi connectivity index (χ1) is 30.3. The van der Waals surface area contributed by atoms with E-state index < -0.39 is 41.2 Å². The van der Waals surface area contributed by atoms with Crippen molar-refractivity contribution in [2.75, 3.05) is 13.7 Å². The maximum Gasteiger partial charge on any atom is 0.339 e. The second kappa shape index (κ2) is 18.1. The number of aryl methyl sites for hydroxylation is 2. The first kappa shape index (κ1) is 45.8. The Hall–Kier alpha value is -6.22. The number of carboxylic acids is 1. The van der Waals surface area contributed by atoms with Gasteiger partial charge < -0.3 is 24.1 Å². The lowest BCUT2D eigenvalue weighted by Gasteiger charge is -2.28. The average molecular weight is 891 g/mol. The highest BCUT2D eigenvalue weighted by Crippen LogP contribution is 2.43. The number of carbonyl (C=O) groups is 2. The fraction of sp³-hybridized carbons (Fsp3) is 0.347. The van der Waals surface area contributed by atoms with Gasteiger partial charge in [0.25, 0.3) is 0 Å². The number of fused-ring (bicyclic) bond motifs is 3. The monoisotopic (exact) mass is 890 g/mol. The topological polar surface area (TPSA) is 152 Å². The van der Waals surface area contributed by atoms with Gasteiger partial charge in [-0.3, -0.25) is 0 Å². The molecule has 0 saturated carbocycles. The summed E-state index contributed by atoms with van der Waals surface area (Å²) in [6, 6.07) is 20.9. The molecule has 0 radical (unpaired) electrons. The molecule has 0 aliphatic carbocycles. The first-order valence-electron chi connectivity index (χ1n) is 20.9. The number of hydrogen-bond acceptors (Lipinski definition) is 10. The Morgan fingerprint density at radius 2 is 1.30 bits per heavy atom. The van der Waals surface area contributed by atoms with E-state index in [-0.39, 0.29) is 10.9 Å². The highest BCUT2D eigenvalue weighted by molar-refractivity contribution is 6.31. The van der Waals surface area contributed by atoms with Gasteiger partial charge in [-0.25, -0.2) is 33.0 Å². The third kappa shape index (κ3) is 9.21. The number of hydrogen-bond donors (Lipinski definition) is 1. The van der Waals surface area contributed by atoms with E-state index in [0.717, 1.165) is 39.8 Å². The second-order valence-corrected chi connectivity index (χ2v) is 17.9. The summed E-state index contributed by atoms with van der Waals surface area (Å²) in [4.78, 5) is 34.5. The van der Waals surface area contributed by atoms with Gasteiger partial charge in [0.1, 0.15) is 5.15 Å². The molecule has 3 aromatic carbocycles. The highest BCUT2D eigenvalue weighted by atomic mass is 35.5. The van der Waals surface area contributed by atoms with Gasteiger partial charge in [-0.1, -0.05) is 72.3 Å². The fourth-order valence-corrected chi connectivity index (χ4v) is 8.24. The molecule has 0 spiro atoms. The van der Waals surface area contributed by atoms with Crippen LogP contribution in [0.15, 0.2) is 79.1 Å². The molecular formula is C49H52ClFN6O7. The summed E-state index contributed by atoms with van der Waals surface area (Å²) in [5.74, 6) is -1.91. The van der Waals surface area contributed by atoms with Crippen LogP contribution >= 0.6 is 11.6 Å². The van der Waals surface area contributed by atoms with Crippen molar-refractivity contribution in [1.82, 2.24) is 29.2 Å². The van der Waals surface area contributed by atoms with Crippen molar-refractivity contribution in [3.8, 4) is 39.3 Å². The maximum absolute atomic E-state index is 15.4. The third-order valence-corrected chi connectivity index (χ3v) is 11.0. The minimum Gasteiger partial charge on any atom is -0.490 e. The smallest absolute Gasteiger partial charge is 0.339 e. The van der Waals surface area contributed by atoms with Crippen LogP contribution < -0.4 is 4.74 Å². The van der Waals surface area contributed by atoms with Gasteiger partial charge in [-0.15, -0.1) is 0 Å². The van der Waals surface area contributed by atoms with E-state index in [1.807, 2.05) is 88.4 Å². The number of benzene rings is 3. The number of carbonyl (C=O) groups excluding carboxylic acids is 1. The van der Waals surface area contributed by atoms with Crippen LogP contribution in [0.3, 0.4) is 0 Å². The van der Waals surface area contributed by atoms with Crippen LogP contribution in [0.2, 0.25) is 5.15 Å². The van der Waals surface area contributed by atoms with Crippen LogP contribution in [0.5, 0.6) is 5.75 Å². The van der Waals surface area contributed by atoms with Crippen LogP contribution in [0.1, 0.15) is 93.8 Å². The number of halogens is 2. The average Bonchev–Trinajstić information content (AvgIpc) is 3.88. The zero-order chi connectivity index (χ0) is 46.2. The maximum atomic E-state index is 15.4. The van der Waals surface area contributed by atoms with E-state index >= 15 is 4.39 Å². The van der Waals surface area contributed by atoms with E-state index in [1.54, 1.807) is 51.5 Å². The van der Waals surface area contributed by atoms with Gasteiger partial charge >= 0.3 is 11.9 Å². The molecule has 15 heteroatoms. The van der Waals surface area contributed by atoms with Gasteiger partial charge in [0.05, 0.1) is 48.6 Å². The molecule has 334 valence electrons. The predicted molar refractivity (Wildman–Crippen MR) is 242 cm³/mol. The molecule has 7 aromatic rings. The van der Waals surface area contributed by atoms with Crippen molar-refractivity contribution in [3.63, 3.8) is 0 Å². The van der Waals surface area contributed by atoms with Crippen molar-refractivity contribution in [2.24, 2.45) is 0 Å². The largest absolute Gasteiger partial charge is 0.490 e. The van der Waals surface area contributed by atoms with E-state index in [1.165, 1.54) is 17.7 Å². The molecule has 0 amide bonds. The van der Waals surface area contributed by atoms with Crippen molar-refractivity contribution in [1.29, 1.82) is 0 Å². The van der Waals surface area contributed by atoms with Crippen LogP contribution in [0.4, 0.5) is 4.39 Å². The summed E-state index contributed by atoms with van der Waals surface area (Å²) in [6.45, 7) is 16.9. The van der Waals surface area contributed by atoms with Crippen LogP contribution in [-0.4, -0.2) is 71.2 Å². The molecule has 13 nitrogen and oxygen atoms in total. The molecule has 0 bridgehead atoms. The van der Waals surface area contributed by atoms with Crippen LogP contribution in [0, 0.1) is 26.6 Å². The lowest BCUT2D eigenvalue weighted by atomic mass is 9.90. The lowest BCUT2D eigenvalue weighted by Crippen LogP contribution is -2.29. The highest BCUT2D eigenvalue weighted by Gasteiger charge is 2.36.